The minimum absolute atomic E-state index is 0.000406. The summed E-state index contributed by atoms with van der Waals surface area (Å²) in [6, 6.07) is 18.4. The van der Waals surface area contributed by atoms with Crippen molar-refractivity contribution >= 4 is 18.2 Å². The van der Waals surface area contributed by atoms with E-state index in [1.165, 1.54) is 55.9 Å². The summed E-state index contributed by atoms with van der Waals surface area (Å²) in [5.74, 6) is 2.68. The average molecular weight is 976 g/mol. The molecule has 71 heavy (non-hydrogen) atoms. The highest BCUT2D eigenvalue weighted by molar-refractivity contribution is 5.77. The van der Waals surface area contributed by atoms with E-state index in [-0.39, 0.29) is 69.4 Å². The Morgan fingerprint density at radius 2 is 1.41 bits per heavy atom. The first-order valence-electron chi connectivity index (χ1n) is 28.5. The van der Waals surface area contributed by atoms with Gasteiger partial charge in [0.2, 0.25) is 5.91 Å². The SMILES string of the molecule is CC1[C@H](O[C@H]2CCC3(C)C4CC=C5C6CC(C)(C)CC[C@]6(C(=O)O)C(C)C[C@@]5(C)[C@]4(C)CC[C@H]3C2(C)C=O)OC(CNC(=O)CCCCCCCCCCc2ccc(Oc3ccccc3)cc2)[C@@H](C)[C@@H]1C. The summed E-state index contributed by atoms with van der Waals surface area (Å²) in [6.45, 7) is 23.9. The number of allylic oxidation sites excluding steroid dienone is 2. The average Bonchev–Trinajstić information content (AvgIpc) is 3.33. The Hall–Kier alpha value is -3.49. The Morgan fingerprint density at radius 1 is 0.746 bits per heavy atom. The number of para-hydroxylation sites is 1. The number of hydrogen-bond acceptors (Lipinski definition) is 6. The zero-order chi connectivity index (χ0) is 51.0. The van der Waals surface area contributed by atoms with Gasteiger partial charge in [0, 0.05) is 18.9 Å². The number of benzene rings is 2. The molecule has 6 aliphatic rings. The van der Waals surface area contributed by atoms with Gasteiger partial charge in [0.25, 0.3) is 0 Å². The van der Waals surface area contributed by atoms with E-state index in [4.69, 9.17) is 14.2 Å². The van der Waals surface area contributed by atoms with E-state index in [1.807, 2.05) is 30.3 Å². The first kappa shape index (κ1) is 53.8. The van der Waals surface area contributed by atoms with Gasteiger partial charge >= 0.3 is 5.97 Å². The summed E-state index contributed by atoms with van der Waals surface area (Å²) in [5, 5.41) is 14.2. The number of hydrogen-bond donors (Lipinski definition) is 2. The summed E-state index contributed by atoms with van der Waals surface area (Å²) in [4.78, 5) is 40.2. The molecule has 8 nitrogen and oxygen atoms in total. The highest BCUT2D eigenvalue weighted by atomic mass is 16.7. The van der Waals surface area contributed by atoms with Crippen LogP contribution in [-0.2, 0) is 30.3 Å². The molecule has 8 rings (SSSR count). The number of rotatable bonds is 19. The van der Waals surface area contributed by atoms with Crippen molar-refractivity contribution in [2.24, 2.45) is 73.9 Å². The molecule has 0 bridgehead atoms. The lowest BCUT2D eigenvalue weighted by atomic mass is 9.32. The van der Waals surface area contributed by atoms with Crippen LogP contribution in [0.3, 0.4) is 0 Å². The molecule has 1 amide bonds. The van der Waals surface area contributed by atoms with Crippen LogP contribution in [0.5, 0.6) is 11.5 Å². The van der Waals surface area contributed by atoms with Crippen molar-refractivity contribution in [3.05, 3.63) is 71.8 Å². The molecule has 1 saturated heterocycles. The maximum Gasteiger partial charge on any atom is 0.310 e. The third kappa shape index (κ3) is 10.2. The van der Waals surface area contributed by atoms with Gasteiger partial charge in [0.15, 0.2) is 6.29 Å². The molecule has 2 aromatic carbocycles. The molecule has 2 N–H and O–H groups in total. The van der Waals surface area contributed by atoms with Crippen molar-refractivity contribution in [3.63, 3.8) is 0 Å². The molecule has 1 heterocycles. The first-order valence-corrected chi connectivity index (χ1v) is 28.5. The molecular formula is C63H93NO7. The lowest BCUT2D eigenvalue weighted by Gasteiger charge is -2.71. The second-order valence-electron chi connectivity index (χ2n) is 26.1. The molecular weight excluding hydrogens is 883 g/mol. The van der Waals surface area contributed by atoms with Crippen molar-refractivity contribution in [3.8, 4) is 11.5 Å². The maximum absolute atomic E-state index is 13.7. The van der Waals surface area contributed by atoms with Crippen molar-refractivity contribution in [1.82, 2.24) is 5.32 Å². The molecule has 0 radical (unpaired) electrons. The molecule has 8 heteroatoms. The van der Waals surface area contributed by atoms with Crippen LogP contribution >= 0.6 is 0 Å². The molecule has 7 unspecified atom stereocenters. The molecule has 4 saturated carbocycles. The monoisotopic (exact) mass is 976 g/mol. The van der Waals surface area contributed by atoms with E-state index < -0.39 is 23.1 Å². The standard InChI is InChI=1S/C63H93NO7/c1-42-38-62(10)49(50-39-58(5,6)36-37-63(42,50)57(67)68)30-31-53-59(7)34-33-54(60(8,41-65)52(59)32-35-61(53,62)9)71-56-45(4)43(2)44(3)51(70-56)40-64-55(66)25-21-16-14-12-11-13-15-18-22-46-26-28-48(29-27-46)69-47-23-19-17-20-24-47/h17,19-20,23-24,26-30,41-45,50-54,56H,11-16,18,21-22,25,31-40H2,1-10H3,(H,64,66)(H,67,68)/t42?,43-,44-,45?,50?,51?,52+,53?,54-,56-,59?,60?,61+,62+,63-/m0/s1. The largest absolute Gasteiger partial charge is 0.481 e. The molecule has 1 aliphatic heterocycles. The van der Waals surface area contributed by atoms with Crippen molar-refractivity contribution in [2.75, 3.05) is 6.54 Å². The Labute approximate surface area is 429 Å². The van der Waals surface area contributed by atoms with Gasteiger partial charge in [-0.25, -0.2) is 0 Å². The number of aryl methyl sites for hydroxylation is 1. The topological polar surface area (TPSA) is 111 Å². The minimum Gasteiger partial charge on any atom is -0.481 e. The van der Waals surface area contributed by atoms with Crippen LogP contribution in [0.1, 0.15) is 190 Å². The van der Waals surface area contributed by atoms with Crippen molar-refractivity contribution in [2.45, 2.75) is 210 Å². The Balaban J connectivity index is 0.795. The molecule has 5 fully saturated rings. The number of ether oxygens (including phenoxy) is 3. The molecule has 2 aromatic rings. The number of aliphatic carboxylic acids is 1. The maximum atomic E-state index is 13.7. The number of nitrogens with one attached hydrogen (secondary N) is 1. The summed E-state index contributed by atoms with van der Waals surface area (Å²) in [5.41, 5.74) is 1.40. The molecule has 392 valence electrons. The van der Waals surface area contributed by atoms with E-state index in [9.17, 15) is 19.5 Å². The normalized spacial score (nSPS) is 39.4. The molecule has 0 aromatic heterocycles. The third-order valence-electron chi connectivity index (χ3n) is 21.7. The van der Waals surface area contributed by atoms with Crippen LogP contribution in [0.15, 0.2) is 66.2 Å². The predicted molar refractivity (Wildman–Crippen MR) is 284 cm³/mol. The number of carboxylic acid groups (broad SMARTS) is 1. The van der Waals surface area contributed by atoms with E-state index in [1.54, 1.807) is 0 Å². The molecule has 5 aliphatic carbocycles. The zero-order valence-electron chi connectivity index (χ0n) is 45.7. The highest BCUT2D eigenvalue weighted by Gasteiger charge is 2.71. The lowest BCUT2D eigenvalue weighted by Crippen LogP contribution is -2.67. The van der Waals surface area contributed by atoms with Crippen molar-refractivity contribution in [1.29, 1.82) is 0 Å². The second-order valence-corrected chi connectivity index (χ2v) is 26.1. The fraction of sp³-hybridized carbons (Fsp3) is 0.730. The van der Waals surface area contributed by atoms with Gasteiger partial charge in [0.1, 0.15) is 17.8 Å². The molecule has 0 spiro atoms. The van der Waals surface area contributed by atoms with Crippen LogP contribution in [0.2, 0.25) is 0 Å². The fourth-order valence-electron chi connectivity index (χ4n) is 16.7. The summed E-state index contributed by atoms with van der Waals surface area (Å²) in [7, 11) is 0. The zero-order valence-corrected chi connectivity index (χ0v) is 45.7. The molecule has 15 atom stereocenters. The van der Waals surface area contributed by atoms with Crippen LogP contribution in [0, 0.1) is 73.9 Å². The van der Waals surface area contributed by atoms with Crippen molar-refractivity contribution < 1.29 is 33.7 Å². The number of amides is 1. The van der Waals surface area contributed by atoms with E-state index in [2.05, 4.69) is 105 Å². The second kappa shape index (κ2) is 21.4. The Bertz CT molecular complexity index is 2190. The Kier molecular flexibility index (Phi) is 16.2. The van der Waals surface area contributed by atoms with Gasteiger partial charge in [-0.3, -0.25) is 9.59 Å². The number of aldehydes is 1. The van der Waals surface area contributed by atoms with Gasteiger partial charge in [0.05, 0.1) is 23.0 Å². The minimum atomic E-state index is -0.688. The van der Waals surface area contributed by atoms with Gasteiger partial charge in [-0.15, -0.1) is 0 Å². The van der Waals surface area contributed by atoms with Crippen LogP contribution in [-0.4, -0.2) is 48.3 Å². The van der Waals surface area contributed by atoms with Gasteiger partial charge in [-0.1, -0.05) is 150 Å². The number of fused-ring (bicyclic) bond motifs is 7. The van der Waals surface area contributed by atoms with E-state index >= 15 is 0 Å². The first-order chi connectivity index (χ1) is 33.7. The smallest absolute Gasteiger partial charge is 0.310 e. The number of carbonyl (C=O) groups is 3. The predicted octanol–water partition coefficient (Wildman–Crippen LogP) is 15.0. The summed E-state index contributed by atoms with van der Waals surface area (Å²) in [6.07, 6.45) is 22.2. The van der Waals surface area contributed by atoms with Crippen LogP contribution in [0.25, 0.3) is 0 Å². The highest BCUT2D eigenvalue weighted by Crippen LogP contribution is 2.76. The number of carbonyl (C=O) groups excluding carboxylic acids is 2. The van der Waals surface area contributed by atoms with E-state index in [0.29, 0.717) is 24.8 Å². The third-order valence-corrected chi connectivity index (χ3v) is 21.7. The van der Waals surface area contributed by atoms with Crippen LogP contribution in [0.4, 0.5) is 0 Å². The van der Waals surface area contributed by atoms with Gasteiger partial charge < -0.3 is 29.4 Å². The van der Waals surface area contributed by atoms with E-state index in [0.717, 1.165) is 88.5 Å². The Morgan fingerprint density at radius 3 is 2.08 bits per heavy atom. The number of unbranched alkanes of at least 4 members (excludes halogenated alkanes) is 7. The number of carboxylic acids is 1. The fourth-order valence-corrected chi connectivity index (χ4v) is 16.7. The van der Waals surface area contributed by atoms with Gasteiger partial charge in [-0.05, 0) is 164 Å². The van der Waals surface area contributed by atoms with Crippen LogP contribution < -0.4 is 10.1 Å². The summed E-state index contributed by atoms with van der Waals surface area (Å²) >= 11 is 0. The lowest BCUT2D eigenvalue weighted by molar-refractivity contribution is -0.293. The summed E-state index contributed by atoms with van der Waals surface area (Å²) < 4.78 is 19.9. The quantitative estimate of drug-likeness (QED) is 0.0624. The van der Waals surface area contributed by atoms with Gasteiger partial charge in [-0.2, -0.15) is 0 Å².